The largest absolute Gasteiger partial charge is 0.361 e. The number of hydrogen-bond donors (Lipinski definition) is 2. The van der Waals surface area contributed by atoms with Gasteiger partial charge in [-0.05, 0) is 11.4 Å². The molecule has 2 amide bonds. The van der Waals surface area contributed by atoms with Crippen molar-refractivity contribution in [3.05, 3.63) is 22.4 Å². The summed E-state index contributed by atoms with van der Waals surface area (Å²) in [7, 11) is 0. The van der Waals surface area contributed by atoms with Gasteiger partial charge in [-0.2, -0.15) is 5.10 Å². The summed E-state index contributed by atoms with van der Waals surface area (Å²) in [6.07, 6.45) is 1.44. The lowest BCUT2D eigenvalue weighted by Gasteiger charge is -1.91. The maximum Gasteiger partial charge on any atom is 0.329 e. The number of primary amides is 1. The van der Waals surface area contributed by atoms with E-state index in [0.29, 0.717) is 0 Å². The molecule has 0 saturated carbocycles. The van der Waals surface area contributed by atoms with E-state index in [-0.39, 0.29) is 0 Å². The lowest BCUT2D eigenvalue weighted by molar-refractivity contribution is -0.137. The number of thiophene rings is 1. The second-order valence-electron chi connectivity index (χ2n) is 2.08. The molecule has 6 heteroatoms. The molecule has 0 atom stereocenters. The normalized spacial score (nSPS) is 10.2. The molecule has 0 spiro atoms. The number of nitrogens with zero attached hydrogens (tertiary/aromatic N) is 1. The lowest BCUT2D eigenvalue weighted by Crippen LogP contribution is -2.32. The zero-order valence-electron chi connectivity index (χ0n) is 6.56. The van der Waals surface area contributed by atoms with Crippen molar-refractivity contribution >= 4 is 29.4 Å². The Kier molecular flexibility index (Phi) is 3.15. The molecule has 0 aliphatic heterocycles. The topological polar surface area (TPSA) is 84.5 Å². The Hall–Kier alpha value is -1.69. The molecule has 1 aromatic heterocycles. The number of carbonyl (C=O) groups excluding carboxylic acids is 2. The van der Waals surface area contributed by atoms with Crippen molar-refractivity contribution in [1.29, 1.82) is 0 Å². The predicted octanol–water partition coefficient (Wildman–Crippen LogP) is -0.316. The van der Waals surface area contributed by atoms with E-state index in [9.17, 15) is 9.59 Å². The van der Waals surface area contributed by atoms with Crippen molar-refractivity contribution in [1.82, 2.24) is 5.43 Å². The highest BCUT2D eigenvalue weighted by Gasteiger charge is 2.04. The van der Waals surface area contributed by atoms with E-state index in [1.54, 1.807) is 0 Å². The minimum atomic E-state index is -1.05. The maximum absolute atomic E-state index is 10.6. The molecule has 0 aliphatic rings. The first kappa shape index (κ1) is 9.40. The summed E-state index contributed by atoms with van der Waals surface area (Å²) in [5.74, 6) is -1.98. The molecule has 0 bridgehead atoms. The van der Waals surface area contributed by atoms with Crippen molar-refractivity contribution in [2.75, 3.05) is 0 Å². The number of amides is 2. The first-order valence-corrected chi connectivity index (χ1v) is 4.24. The molecule has 1 rings (SSSR count). The van der Waals surface area contributed by atoms with E-state index in [1.807, 2.05) is 22.9 Å². The van der Waals surface area contributed by atoms with Crippen LogP contribution in [0.5, 0.6) is 0 Å². The monoisotopic (exact) mass is 197 g/mol. The van der Waals surface area contributed by atoms with Gasteiger partial charge in [-0.25, -0.2) is 5.43 Å². The molecule has 0 fully saturated rings. The number of nitrogens with one attached hydrogen (secondary N) is 1. The molecule has 0 unspecified atom stereocenters. The molecule has 0 aromatic carbocycles. The predicted molar refractivity (Wildman–Crippen MR) is 49.3 cm³/mol. The van der Waals surface area contributed by atoms with Crippen LogP contribution in [0.4, 0.5) is 0 Å². The third-order valence-corrected chi connectivity index (χ3v) is 1.93. The Morgan fingerprint density at radius 1 is 1.62 bits per heavy atom. The van der Waals surface area contributed by atoms with Crippen LogP contribution in [-0.2, 0) is 9.59 Å². The van der Waals surface area contributed by atoms with Gasteiger partial charge >= 0.3 is 11.8 Å². The van der Waals surface area contributed by atoms with Crippen molar-refractivity contribution < 1.29 is 9.59 Å². The third kappa shape index (κ3) is 3.04. The Morgan fingerprint density at radius 2 is 2.38 bits per heavy atom. The van der Waals surface area contributed by atoms with E-state index in [2.05, 4.69) is 10.8 Å². The molecule has 3 N–H and O–H groups in total. The van der Waals surface area contributed by atoms with E-state index < -0.39 is 11.8 Å². The number of rotatable bonds is 2. The van der Waals surface area contributed by atoms with Crippen LogP contribution in [0.3, 0.4) is 0 Å². The van der Waals surface area contributed by atoms with Gasteiger partial charge in [0.25, 0.3) is 0 Å². The minimum absolute atomic E-state index is 0.879. The number of carbonyl (C=O) groups is 2. The number of hydrazone groups is 1. The van der Waals surface area contributed by atoms with Crippen LogP contribution >= 0.6 is 11.3 Å². The highest BCUT2D eigenvalue weighted by Crippen LogP contribution is 2.03. The van der Waals surface area contributed by atoms with Crippen molar-refractivity contribution in [3.8, 4) is 0 Å². The zero-order valence-corrected chi connectivity index (χ0v) is 7.38. The summed E-state index contributed by atoms with van der Waals surface area (Å²) in [5.41, 5.74) is 6.66. The Morgan fingerprint density at radius 3 is 2.92 bits per heavy atom. The van der Waals surface area contributed by atoms with Gasteiger partial charge in [0.15, 0.2) is 0 Å². The van der Waals surface area contributed by atoms with Crippen molar-refractivity contribution in [2.45, 2.75) is 0 Å². The summed E-state index contributed by atoms with van der Waals surface area (Å²) in [6, 6.07) is 3.67. The summed E-state index contributed by atoms with van der Waals surface area (Å²) in [5, 5.41) is 5.39. The van der Waals surface area contributed by atoms with Crippen molar-refractivity contribution in [2.24, 2.45) is 10.8 Å². The smallest absolute Gasteiger partial charge is 0.329 e. The van der Waals surface area contributed by atoms with E-state index in [0.717, 1.165) is 4.88 Å². The summed E-state index contributed by atoms with van der Waals surface area (Å²) >= 11 is 1.47. The average Bonchev–Trinajstić information content (AvgIpc) is 2.56. The van der Waals surface area contributed by atoms with Gasteiger partial charge < -0.3 is 5.73 Å². The molecule has 1 aromatic rings. The van der Waals surface area contributed by atoms with Crippen LogP contribution in [0.1, 0.15) is 4.88 Å². The van der Waals surface area contributed by atoms with E-state index in [4.69, 9.17) is 0 Å². The van der Waals surface area contributed by atoms with Gasteiger partial charge in [-0.3, -0.25) is 9.59 Å². The van der Waals surface area contributed by atoms with Gasteiger partial charge in [-0.1, -0.05) is 6.07 Å². The van der Waals surface area contributed by atoms with Crippen LogP contribution in [0.2, 0.25) is 0 Å². The average molecular weight is 197 g/mol. The molecule has 1 heterocycles. The first-order valence-electron chi connectivity index (χ1n) is 3.36. The quantitative estimate of drug-likeness (QED) is 0.387. The van der Waals surface area contributed by atoms with Gasteiger partial charge in [0.1, 0.15) is 0 Å². The molecule has 0 aliphatic carbocycles. The maximum atomic E-state index is 10.6. The molecule has 5 nitrogen and oxygen atoms in total. The Balaban J connectivity index is 2.43. The highest BCUT2D eigenvalue weighted by molar-refractivity contribution is 7.11. The molecular formula is C7H7N3O2S. The van der Waals surface area contributed by atoms with Gasteiger partial charge in [0, 0.05) is 4.88 Å². The van der Waals surface area contributed by atoms with Crippen molar-refractivity contribution in [3.63, 3.8) is 0 Å². The van der Waals surface area contributed by atoms with Gasteiger partial charge in [0.05, 0.1) is 6.21 Å². The molecule has 68 valence electrons. The Labute approximate surface area is 78.2 Å². The zero-order chi connectivity index (χ0) is 9.68. The minimum Gasteiger partial charge on any atom is -0.361 e. The molecule has 13 heavy (non-hydrogen) atoms. The fourth-order valence-corrected chi connectivity index (χ4v) is 1.16. The van der Waals surface area contributed by atoms with Gasteiger partial charge in [-0.15, -0.1) is 11.3 Å². The highest BCUT2D eigenvalue weighted by atomic mass is 32.1. The van der Waals surface area contributed by atoms with E-state index >= 15 is 0 Å². The van der Waals surface area contributed by atoms with E-state index in [1.165, 1.54) is 17.6 Å². The molecular weight excluding hydrogens is 190 g/mol. The SMILES string of the molecule is NC(=O)C(=O)NN=Cc1cccs1. The second-order valence-corrected chi connectivity index (χ2v) is 3.06. The van der Waals surface area contributed by atoms with Crippen LogP contribution in [0.15, 0.2) is 22.6 Å². The van der Waals surface area contributed by atoms with Crippen LogP contribution in [0, 0.1) is 0 Å². The summed E-state index contributed by atoms with van der Waals surface area (Å²) in [4.78, 5) is 21.7. The van der Waals surface area contributed by atoms with Crippen LogP contribution < -0.4 is 11.2 Å². The fraction of sp³-hybridized carbons (Fsp3) is 0. The fourth-order valence-electron chi connectivity index (χ4n) is 0.574. The summed E-state index contributed by atoms with van der Waals surface area (Å²) < 4.78 is 0. The molecule has 0 saturated heterocycles. The second kappa shape index (κ2) is 4.36. The van der Waals surface area contributed by atoms with Crippen LogP contribution in [0.25, 0.3) is 0 Å². The van der Waals surface area contributed by atoms with Crippen LogP contribution in [-0.4, -0.2) is 18.0 Å². The standard InChI is InChI=1S/C7H7N3O2S/c8-6(11)7(12)10-9-4-5-2-1-3-13-5/h1-4H,(H2,8,11)(H,10,12). The third-order valence-electron chi connectivity index (χ3n) is 1.12. The van der Waals surface area contributed by atoms with Gasteiger partial charge in [0.2, 0.25) is 0 Å². The lowest BCUT2D eigenvalue weighted by atomic mass is 10.5. The number of nitrogens with two attached hydrogens (primary N) is 1. The summed E-state index contributed by atoms with van der Waals surface area (Å²) in [6.45, 7) is 0. The first-order chi connectivity index (χ1) is 6.20. The molecule has 0 radical (unpaired) electrons. The Bertz CT molecular complexity index is 332. The number of hydrogen-bond acceptors (Lipinski definition) is 4.